The second kappa shape index (κ2) is 11.7. The van der Waals surface area contributed by atoms with E-state index in [-0.39, 0.29) is 29.8 Å². The first-order valence-electron chi connectivity index (χ1n) is 12.5. The van der Waals surface area contributed by atoms with Gasteiger partial charge in [-0.05, 0) is 49.9 Å². The van der Waals surface area contributed by atoms with E-state index < -0.39 is 50.3 Å². The zero-order valence-electron chi connectivity index (χ0n) is 22.9. The predicted molar refractivity (Wildman–Crippen MR) is 139 cm³/mol. The number of hydrogen-bond donors (Lipinski definition) is 1. The normalized spacial score (nSPS) is 23.4. The molecule has 37 heavy (non-hydrogen) atoms. The standard InChI is InChI=1S/C26H40N2O8Si/c1-9-12-35-25(34)27-11-10-18(15-27)13-16(2)20(29)14-19-21(22(30)28(19)23(31)24(32)33)17(3)36-37(7,8)26(4,5)6/h9,13,17-19,21H,1,10-12,14-15H2,2-8H3,(H,32,33)/t17-,18?,19-,21-/m1/s1. The van der Waals surface area contributed by atoms with E-state index in [1.165, 1.54) is 6.08 Å². The number of ketones is 1. The van der Waals surface area contributed by atoms with Crippen LogP contribution < -0.4 is 0 Å². The van der Waals surface area contributed by atoms with Crippen LogP contribution in [0.15, 0.2) is 24.3 Å². The molecule has 2 aliphatic rings. The van der Waals surface area contributed by atoms with E-state index in [2.05, 4.69) is 27.4 Å². The number of amides is 3. The number of allylic oxidation sites excluding steroid dienone is 1. The molecule has 0 radical (unpaired) electrons. The first-order chi connectivity index (χ1) is 17.0. The second-order valence-corrected chi connectivity index (χ2v) is 16.1. The van der Waals surface area contributed by atoms with Gasteiger partial charge in [0.2, 0.25) is 5.91 Å². The number of nitrogens with zero attached hydrogens (tertiary/aromatic N) is 2. The van der Waals surface area contributed by atoms with Crippen LogP contribution in [-0.4, -0.2) is 84.7 Å². The van der Waals surface area contributed by atoms with E-state index in [1.807, 2.05) is 13.1 Å². The molecule has 2 aliphatic heterocycles. The Morgan fingerprint density at radius 3 is 2.41 bits per heavy atom. The molecule has 0 aromatic carbocycles. The van der Waals surface area contributed by atoms with Gasteiger partial charge >= 0.3 is 18.0 Å². The summed E-state index contributed by atoms with van der Waals surface area (Å²) >= 11 is 0. The minimum atomic E-state index is -2.27. The number of β-lactam (4-membered cyclic amide) rings is 1. The molecule has 2 rings (SSSR count). The molecule has 3 amide bonds. The maximum absolute atomic E-state index is 13.1. The van der Waals surface area contributed by atoms with Crippen molar-refractivity contribution in [3.05, 3.63) is 24.3 Å². The molecule has 0 aromatic rings. The molecule has 0 aliphatic carbocycles. The van der Waals surface area contributed by atoms with Crippen molar-refractivity contribution in [2.75, 3.05) is 19.7 Å². The molecule has 2 heterocycles. The van der Waals surface area contributed by atoms with Gasteiger partial charge in [-0.2, -0.15) is 0 Å². The summed E-state index contributed by atoms with van der Waals surface area (Å²) in [6.45, 7) is 18.2. The summed E-state index contributed by atoms with van der Waals surface area (Å²) in [7, 11) is -2.27. The van der Waals surface area contributed by atoms with Gasteiger partial charge in [0.05, 0.1) is 18.1 Å². The summed E-state index contributed by atoms with van der Waals surface area (Å²) in [4.78, 5) is 63.9. The highest BCUT2D eigenvalue weighted by molar-refractivity contribution is 6.74. The average Bonchev–Trinajstić information content (AvgIpc) is 3.24. The van der Waals surface area contributed by atoms with Crippen LogP contribution in [0.1, 0.15) is 47.5 Å². The lowest BCUT2D eigenvalue weighted by atomic mass is 9.79. The third-order valence-electron chi connectivity index (χ3n) is 7.59. The van der Waals surface area contributed by atoms with Crippen molar-refractivity contribution in [1.82, 2.24) is 9.80 Å². The molecular formula is C26H40N2O8Si. The fourth-order valence-corrected chi connectivity index (χ4v) is 5.91. The number of rotatable bonds is 9. The van der Waals surface area contributed by atoms with Crippen LogP contribution in [0.3, 0.4) is 0 Å². The van der Waals surface area contributed by atoms with E-state index in [1.54, 1.807) is 24.8 Å². The number of likely N-dealkylation sites (tertiary alicyclic amines) is 2. The number of aliphatic carboxylic acids is 1. The van der Waals surface area contributed by atoms with Crippen LogP contribution in [0.5, 0.6) is 0 Å². The van der Waals surface area contributed by atoms with Crippen LogP contribution in [-0.2, 0) is 28.3 Å². The Labute approximate surface area is 219 Å². The third-order valence-corrected chi connectivity index (χ3v) is 12.2. The lowest BCUT2D eigenvalue weighted by molar-refractivity contribution is -0.178. The fraction of sp³-hybridized carbons (Fsp3) is 0.654. The van der Waals surface area contributed by atoms with Crippen LogP contribution >= 0.6 is 0 Å². The number of hydrogen-bond acceptors (Lipinski definition) is 7. The minimum Gasteiger partial charge on any atom is -0.474 e. The Hall–Kier alpha value is -2.79. The zero-order valence-corrected chi connectivity index (χ0v) is 23.9. The van der Waals surface area contributed by atoms with Gasteiger partial charge in [0.25, 0.3) is 0 Å². The minimum absolute atomic E-state index is 0.0448. The first kappa shape index (κ1) is 30.4. The SMILES string of the molecule is C=CCOC(=O)N1CCC(C=C(C)C(=O)C[C@@H]2[C@@H]([C@@H](C)O[Si](C)(C)C(C)(C)C)C(=O)N2C(=O)C(=O)O)C1. The third kappa shape index (κ3) is 6.95. The molecule has 0 saturated carbocycles. The van der Waals surface area contributed by atoms with Crippen molar-refractivity contribution >= 4 is 38.0 Å². The quantitative estimate of drug-likeness (QED) is 0.156. The molecule has 0 bridgehead atoms. The highest BCUT2D eigenvalue weighted by Crippen LogP contribution is 2.41. The first-order valence-corrected chi connectivity index (χ1v) is 15.4. The van der Waals surface area contributed by atoms with Crippen LogP contribution in [0, 0.1) is 11.8 Å². The van der Waals surface area contributed by atoms with Crippen molar-refractivity contribution in [1.29, 1.82) is 0 Å². The Bertz CT molecular complexity index is 984. The number of carbonyl (C=O) groups is 5. The molecule has 11 heteroatoms. The molecular weight excluding hydrogens is 496 g/mol. The molecule has 1 N–H and O–H groups in total. The summed E-state index contributed by atoms with van der Waals surface area (Å²) in [5.74, 6) is -4.86. The summed E-state index contributed by atoms with van der Waals surface area (Å²) in [5, 5.41) is 9.09. The topological polar surface area (TPSA) is 131 Å². The van der Waals surface area contributed by atoms with Crippen molar-refractivity contribution in [2.24, 2.45) is 11.8 Å². The smallest absolute Gasteiger partial charge is 0.410 e. The van der Waals surface area contributed by atoms with Gasteiger partial charge in [0.15, 0.2) is 14.1 Å². The van der Waals surface area contributed by atoms with E-state index in [9.17, 15) is 29.1 Å². The Morgan fingerprint density at radius 2 is 1.86 bits per heavy atom. The van der Waals surface area contributed by atoms with Crippen LogP contribution in [0.4, 0.5) is 4.79 Å². The molecule has 206 valence electrons. The second-order valence-electron chi connectivity index (χ2n) is 11.3. The van der Waals surface area contributed by atoms with Crippen LogP contribution in [0.2, 0.25) is 18.1 Å². The number of carboxylic acid groups (broad SMARTS) is 1. The molecule has 10 nitrogen and oxygen atoms in total. The van der Waals surface area contributed by atoms with E-state index in [0.717, 1.165) is 0 Å². The number of imide groups is 1. The number of carboxylic acids is 1. The lowest BCUT2D eigenvalue weighted by Gasteiger charge is -2.49. The highest BCUT2D eigenvalue weighted by Gasteiger charge is 2.56. The van der Waals surface area contributed by atoms with Crippen molar-refractivity contribution in [3.8, 4) is 0 Å². The van der Waals surface area contributed by atoms with E-state index in [0.29, 0.717) is 30.0 Å². The summed E-state index contributed by atoms with van der Waals surface area (Å²) in [6, 6.07) is -0.902. The van der Waals surface area contributed by atoms with Crippen molar-refractivity contribution in [3.63, 3.8) is 0 Å². The van der Waals surface area contributed by atoms with Gasteiger partial charge in [-0.15, -0.1) is 0 Å². The van der Waals surface area contributed by atoms with Crippen molar-refractivity contribution < 1.29 is 38.2 Å². The molecule has 2 saturated heterocycles. The number of carbonyl (C=O) groups excluding carboxylic acids is 4. The molecule has 0 spiro atoms. The number of Topliss-reactive ketones (excluding diaryl/α,β-unsaturated/α-hetero) is 1. The van der Waals surface area contributed by atoms with Crippen molar-refractivity contribution in [2.45, 2.75) is 77.7 Å². The maximum atomic E-state index is 13.1. The van der Waals surface area contributed by atoms with Gasteiger partial charge in [-0.1, -0.05) is 39.5 Å². The predicted octanol–water partition coefficient (Wildman–Crippen LogP) is 3.38. The Kier molecular flexibility index (Phi) is 9.64. The number of ether oxygens (including phenoxy) is 1. The molecule has 2 fully saturated rings. The fourth-order valence-electron chi connectivity index (χ4n) is 4.48. The summed E-state index contributed by atoms with van der Waals surface area (Å²) < 4.78 is 11.4. The van der Waals surface area contributed by atoms with Gasteiger partial charge in [-0.3, -0.25) is 19.3 Å². The summed E-state index contributed by atoms with van der Waals surface area (Å²) in [5.41, 5.74) is 0.435. The largest absolute Gasteiger partial charge is 0.474 e. The Morgan fingerprint density at radius 1 is 1.24 bits per heavy atom. The van der Waals surface area contributed by atoms with Gasteiger partial charge < -0.3 is 19.2 Å². The molecule has 0 aromatic heterocycles. The van der Waals surface area contributed by atoms with Gasteiger partial charge in [0, 0.05) is 19.5 Å². The summed E-state index contributed by atoms with van der Waals surface area (Å²) in [6.07, 6.45) is 2.73. The van der Waals surface area contributed by atoms with E-state index >= 15 is 0 Å². The van der Waals surface area contributed by atoms with Gasteiger partial charge in [0.1, 0.15) is 6.61 Å². The van der Waals surface area contributed by atoms with Gasteiger partial charge in [-0.25, -0.2) is 9.59 Å². The van der Waals surface area contributed by atoms with E-state index in [4.69, 9.17) is 9.16 Å². The molecule has 4 atom stereocenters. The lowest BCUT2D eigenvalue weighted by Crippen LogP contribution is -2.68. The molecule has 1 unspecified atom stereocenters. The monoisotopic (exact) mass is 536 g/mol. The maximum Gasteiger partial charge on any atom is 0.410 e. The van der Waals surface area contributed by atoms with Crippen LogP contribution in [0.25, 0.3) is 0 Å². The zero-order chi connectivity index (χ0) is 28.3. The highest BCUT2D eigenvalue weighted by atomic mass is 28.4. The Balaban J connectivity index is 2.16. The average molecular weight is 537 g/mol.